The zero-order chi connectivity index (χ0) is 12.6. The lowest BCUT2D eigenvalue weighted by molar-refractivity contribution is 0.410. The fourth-order valence-corrected chi connectivity index (χ4v) is 1.67. The summed E-state index contributed by atoms with van der Waals surface area (Å²) in [7, 11) is 1.49. The first kappa shape index (κ1) is 11.0. The molecule has 1 heterocycles. The maximum absolute atomic E-state index is 11.4. The van der Waals surface area contributed by atoms with Gasteiger partial charge in [0.25, 0.3) is 0 Å². The van der Waals surface area contributed by atoms with Crippen LogP contribution in [0.3, 0.4) is 0 Å². The van der Waals surface area contributed by atoms with Crippen LogP contribution in [0.4, 0.5) is 5.69 Å². The summed E-state index contributed by atoms with van der Waals surface area (Å²) in [5, 5.41) is 18.7. The Bertz CT molecular complexity index is 697. The second kappa shape index (κ2) is 3.79. The molecule has 1 aromatic heterocycles. The molecule has 0 aliphatic heterocycles. The van der Waals surface area contributed by atoms with Crippen LogP contribution < -0.4 is 10.4 Å². The maximum Gasteiger partial charge on any atom is 0.510 e. The maximum atomic E-state index is 11.4. The van der Waals surface area contributed by atoms with Gasteiger partial charge >= 0.3 is 11.3 Å². The van der Waals surface area contributed by atoms with Gasteiger partial charge in [-0.15, -0.1) is 0 Å². The standard InChI is InChI=1S/C11H8N2O4/c1-5-7(16-2)4-3-6-9(14)8(13-12)11(15)17-10(5)6/h3-4H,1-2H3/p+1. The van der Waals surface area contributed by atoms with E-state index in [2.05, 4.69) is 4.98 Å². The number of rotatable bonds is 1. The molecule has 0 fully saturated rings. The van der Waals surface area contributed by atoms with E-state index in [1.54, 1.807) is 13.0 Å². The molecule has 0 saturated heterocycles. The molecule has 0 unspecified atom stereocenters. The van der Waals surface area contributed by atoms with Crippen LogP contribution in [0, 0.1) is 12.3 Å². The number of hydrogen-bond acceptors (Lipinski definition) is 5. The second-order valence-corrected chi connectivity index (χ2v) is 3.46. The Hall–Kier alpha value is -2.55. The van der Waals surface area contributed by atoms with Crippen molar-refractivity contribution in [3.63, 3.8) is 0 Å². The zero-order valence-corrected chi connectivity index (χ0v) is 9.22. The minimum atomic E-state index is -0.908. The number of aromatic hydroxyl groups is 1. The predicted octanol–water partition coefficient (Wildman–Crippen LogP) is 2.30. The third-order valence-electron chi connectivity index (χ3n) is 2.54. The molecule has 0 bridgehead atoms. The van der Waals surface area contributed by atoms with E-state index in [4.69, 9.17) is 14.5 Å². The quantitative estimate of drug-likeness (QED) is 0.603. The topological polar surface area (TPSA) is 87.8 Å². The van der Waals surface area contributed by atoms with Crippen LogP contribution in [-0.2, 0) is 0 Å². The molecule has 6 nitrogen and oxygen atoms in total. The fraction of sp³-hybridized carbons (Fsp3) is 0.182. The Morgan fingerprint density at radius 1 is 1.47 bits per heavy atom. The van der Waals surface area contributed by atoms with E-state index in [0.717, 1.165) is 0 Å². The zero-order valence-electron chi connectivity index (χ0n) is 9.22. The van der Waals surface area contributed by atoms with Gasteiger partial charge in [0.2, 0.25) is 11.1 Å². The number of methoxy groups -OCH3 is 1. The minimum Gasteiger partial charge on any atom is -0.501 e. The summed E-state index contributed by atoms with van der Waals surface area (Å²) >= 11 is 0. The van der Waals surface area contributed by atoms with Gasteiger partial charge in [-0.3, -0.25) is 0 Å². The Balaban J connectivity index is 2.98. The summed E-state index contributed by atoms with van der Waals surface area (Å²) in [5.74, 6) is 0.123. The van der Waals surface area contributed by atoms with Crippen molar-refractivity contribution >= 4 is 16.7 Å². The first-order valence-electron chi connectivity index (χ1n) is 4.78. The van der Waals surface area contributed by atoms with Gasteiger partial charge in [-0.2, -0.15) is 0 Å². The molecule has 0 amide bonds. The summed E-state index contributed by atoms with van der Waals surface area (Å²) in [6.07, 6.45) is 0. The van der Waals surface area contributed by atoms with Crippen molar-refractivity contribution in [2.24, 2.45) is 0 Å². The lowest BCUT2D eigenvalue weighted by Crippen LogP contribution is -1.99. The number of nitrogens with zero attached hydrogens (tertiary/aromatic N) is 2. The molecular formula is C11H9N2O4+. The van der Waals surface area contributed by atoms with Crippen LogP contribution in [0.5, 0.6) is 11.5 Å². The highest BCUT2D eigenvalue weighted by atomic mass is 16.5. The summed E-state index contributed by atoms with van der Waals surface area (Å²) in [6, 6.07) is 3.15. The van der Waals surface area contributed by atoms with E-state index in [1.165, 1.54) is 13.2 Å². The summed E-state index contributed by atoms with van der Waals surface area (Å²) in [6.45, 7) is 1.69. The summed E-state index contributed by atoms with van der Waals surface area (Å²) < 4.78 is 10.1. The van der Waals surface area contributed by atoms with Crippen molar-refractivity contribution in [1.82, 2.24) is 0 Å². The molecule has 0 spiro atoms. The Morgan fingerprint density at radius 2 is 2.18 bits per heavy atom. The molecule has 17 heavy (non-hydrogen) atoms. The molecule has 6 heteroatoms. The molecule has 2 aromatic rings. The van der Waals surface area contributed by atoms with Crippen molar-refractivity contribution in [3.05, 3.63) is 33.1 Å². The number of diazo groups is 1. The highest BCUT2D eigenvalue weighted by Gasteiger charge is 2.26. The Labute approximate surface area is 95.7 Å². The molecule has 0 saturated carbocycles. The van der Waals surface area contributed by atoms with Crippen molar-refractivity contribution in [3.8, 4) is 11.5 Å². The van der Waals surface area contributed by atoms with E-state index < -0.39 is 17.1 Å². The summed E-state index contributed by atoms with van der Waals surface area (Å²) in [4.78, 5) is 14.1. The van der Waals surface area contributed by atoms with Crippen LogP contribution in [0.15, 0.2) is 21.3 Å². The van der Waals surface area contributed by atoms with Crippen LogP contribution in [-0.4, -0.2) is 12.2 Å². The number of benzene rings is 1. The largest absolute Gasteiger partial charge is 0.510 e. The third-order valence-corrected chi connectivity index (χ3v) is 2.54. The van der Waals surface area contributed by atoms with E-state index in [-0.39, 0.29) is 11.0 Å². The van der Waals surface area contributed by atoms with Gasteiger partial charge in [0, 0.05) is 5.56 Å². The molecule has 1 N–H and O–H groups in total. The van der Waals surface area contributed by atoms with Gasteiger partial charge in [-0.05, 0) is 19.1 Å². The molecular weight excluding hydrogens is 224 g/mol. The molecule has 1 aromatic carbocycles. The monoisotopic (exact) mass is 233 g/mol. The molecule has 2 rings (SSSR count). The number of ether oxygens (including phenoxy) is 1. The normalized spacial score (nSPS) is 10.2. The van der Waals surface area contributed by atoms with Crippen LogP contribution in [0.25, 0.3) is 15.9 Å². The smallest absolute Gasteiger partial charge is 0.501 e. The van der Waals surface area contributed by atoms with Gasteiger partial charge < -0.3 is 14.3 Å². The van der Waals surface area contributed by atoms with E-state index >= 15 is 0 Å². The lowest BCUT2D eigenvalue weighted by atomic mass is 10.1. The Morgan fingerprint density at radius 3 is 2.76 bits per heavy atom. The third kappa shape index (κ3) is 1.49. The van der Waals surface area contributed by atoms with Gasteiger partial charge in [0.1, 0.15) is 11.3 Å². The van der Waals surface area contributed by atoms with Crippen molar-refractivity contribution in [2.75, 3.05) is 7.11 Å². The summed E-state index contributed by atoms with van der Waals surface area (Å²) in [5.41, 5.74) is -0.628. The number of aryl methyl sites for hydroxylation is 1. The second-order valence-electron chi connectivity index (χ2n) is 3.46. The lowest BCUT2D eigenvalue weighted by Gasteiger charge is -2.06. The van der Waals surface area contributed by atoms with Crippen LogP contribution in [0.1, 0.15) is 5.56 Å². The predicted molar refractivity (Wildman–Crippen MR) is 60.2 cm³/mol. The van der Waals surface area contributed by atoms with Crippen molar-refractivity contribution < 1.29 is 14.3 Å². The first-order valence-corrected chi connectivity index (χ1v) is 4.78. The highest BCUT2D eigenvalue weighted by Crippen LogP contribution is 2.35. The van der Waals surface area contributed by atoms with Gasteiger partial charge in [-0.25, -0.2) is 4.79 Å². The molecule has 0 atom stereocenters. The number of fused-ring (bicyclic) bond motifs is 1. The van der Waals surface area contributed by atoms with Gasteiger partial charge in [0.05, 0.1) is 12.5 Å². The first-order chi connectivity index (χ1) is 8.10. The SMILES string of the molecule is COc1ccc2c(O)c([N+]#N)c(=O)oc2c1C. The van der Waals surface area contributed by atoms with E-state index in [0.29, 0.717) is 11.3 Å². The van der Waals surface area contributed by atoms with Crippen LogP contribution >= 0.6 is 0 Å². The molecule has 0 aliphatic rings. The average molecular weight is 233 g/mol. The molecule has 0 radical (unpaired) electrons. The van der Waals surface area contributed by atoms with E-state index in [1.807, 2.05) is 0 Å². The molecule has 86 valence electrons. The van der Waals surface area contributed by atoms with Gasteiger partial charge in [0.15, 0.2) is 4.98 Å². The minimum absolute atomic E-state index is 0.208. The van der Waals surface area contributed by atoms with Crippen molar-refractivity contribution in [2.45, 2.75) is 6.92 Å². The molecule has 0 aliphatic carbocycles. The van der Waals surface area contributed by atoms with Gasteiger partial charge in [-0.1, -0.05) is 0 Å². The van der Waals surface area contributed by atoms with Crippen molar-refractivity contribution in [1.29, 1.82) is 5.39 Å². The fourth-order valence-electron chi connectivity index (χ4n) is 1.67. The highest BCUT2D eigenvalue weighted by molar-refractivity contribution is 5.91. The van der Waals surface area contributed by atoms with Crippen LogP contribution in [0.2, 0.25) is 0 Å². The number of hydrogen-bond donors (Lipinski definition) is 1. The van der Waals surface area contributed by atoms with E-state index in [9.17, 15) is 9.90 Å². The Kier molecular flexibility index (Phi) is 2.44. The average Bonchev–Trinajstić information content (AvgIpc) is 2.31.